The van der Waals surface area contributed by atoms with Crippen molar-refractivity contribution in [2.45, 2.75) is 38.8 Å². The number of anilines is 1. The van der Waals surface area contributed by atoms with Crippen LogP contribution in [0, 0.1) is 0 Å². The number of fused-ring (bicyclic) bond motifs is 1. The maximum atomic E-state index is 12.0. The number of carbonyl (C=O) groups is 1. The Kier molecular flexibility index (Phi) is 8.01. The normalized spacial score (nSPS) is 20.4. The van der Waals surface area contributed by atoms with Crippen LogP contribution in [-0.2, 0) is 9.53 Å². The van der Waals surface area contributed by atoms with Gasteiger partial charge < -0.3 is 24.8 Å². The van der Waals surface area contributed by atoms with E-state index in [9.17, 15) is 4.79 Å². The minimum atomic E-state index is 0.00713. The van der Waals surface area contributed by atoms with Crippen molar-refractivity contribution in [1.82, 2.24) is 20.2 Å². The van der Waals surface area contributed by atoms with Crippen LogP contribution in [0.25, 0.3) is 22.3 Å². The molecule has 2 aliphatic rings. The third-order valence-electron chi connectivity index (χ3n) is 6.81. The van der Waals surface area contributed by atoms with Crippen LogP contribution in [0.3, 0.4) is 0 Å². The minimum absolute atomic E-state index is 0.00713. The van der Waals surface area contributed by atoms with Crippen molar-refractivity contribution >= 4 is 22.6 Å². The molecule has 2 unspecified atom stereocenters. The molecule has 3 aromatic rings. The van der Waals surface area contributed by atoms with E-state index < -0.39 is 0 Å². The zero-order chi connectivity index (χ0) is 25.6. The van der Waals surface area contributed by atoms with Gasteiger partial charge in [-0.1, -0.05) is 12.1 Å². The molecule has 0 aliphatic carbocycles. The highest BCUT2D eigenvalue weighted by Gasteiger charge is 2.21. The summed E-state index contributed by atoms with van der Waals surface area (Å²) in [6, 6.07) is 14.1. The Labute approximate surface area is 217 Å². The van der Waals surface area contributed by atoms with Crippen molar-refractivity contribution in [3.05, 3.63) is 42.5 Å². The number of piperidine rings is 1. The molecule has 1 amide bonds. The zero-order valence-corrected chi connectivity index (χ0v) is 21.5. The summed E-state index contributed by atoms with van der Waals surface area (Å²) >= 11 is 0. The predicted octanol–water partition coefficient (Wildman–Crippen LogP) is 3.49. The second-order valence-electron chi connectivity index (χ2n) is 9.53. The second kappa shape index (κ2) is 11.7. The molecule has 2 fully saturated rings. The number of amides is 1. The highest BCUT2D eigenvalue weighted by Crippen LogP contribution is 2.30. The van der Waals surface area contributed by atoms with Crippen LogP contribution < -0.4 is 20.1 Å². The van der Waals surface area contributed by atoms with Gasteiger partial charge in [0.2, 0.25) is 5.91 Å². The number of morpholine rings is 1. The number of benzene rings is 2. The first-order valence-electron chi connectivity index (χ1n) is 13.1. The summed E-state index contributed by atoms with van der Waals surface area (Å²) in [7, 11) is 0. The molecule has 37 heavy (non-hydrogen) atoms. The number of carbonyl (C=O) groups excluding carboxylic acids is 1. The maximum Gasteiger partial charge on any atom is 0.222 e. The molecule has 2 aliphatic heterocycles. The molecule has 5 rings (SSSR count). The van der Waals surface area contributed by atoms with E-state index in [-0.39, 0.29) is 11.9 Å². The van der Waals surface area contributed by atoms with Gasteiger partial charge >= 0.3 is 0 Å². The SMILES string of the molecule is CCOc1ccc2nc(-c3cccc(OCCN4CCOCC4C)c3)nc(NC3CCNC(=O)C3)c2c1. The van der Waals surface area contributed by atoms with Gasteiger partial charge in [0.15, 0.2) is 5.82 Å². The molecule has 9 heteroatoms. The van der Waals surface area contributed by atoms with Crippen LogP contribution >= 0.6 is 0 Å². The van der Waals surface area contributed by atoms with Crippen molar-refractivity contribution < 1.29 is 19.0 Å². The lowest BCUT2D eigenvalue weighted by molar-refractivity contribution is -0.122. The maximum absolute atomic E-state index is 12.0. The average molecular weight is 506 g/mol. The molecule has 2 aromatic carbocycles. The van der Waals surface area contributed by atoms with Gasteiger partial charge in [-0.05, 0) is 50.6 Å². The summed E-state index contributed by atoms with van der Waals surface area (Å²) in [5.41, 5.74) is 1.68. The van der Waals surface area contributed by atoms with E-state index in [1.54, 1.807) is 0 Å². The van der Waals surface area contributed by atoms with Crippen molar-refractivity contribution in [3.63, 3.8) is 0 Å². The molecule has 196 valence electrons. The number of hydrogen-bond donors (Lipinski definition) is 2. The first-order valence-corrected chi connectivity index (χ1v) is 13.1. The van der Waals surface area contributed by atoms with E-state index in [2.05, 4.69) is 22.5 Å². The fourth-order valence-corrected chi connectivity index (χ4v) is 4.80. The molecular weight excluding hydrogens is 470 g/mol. The van der Waals surface area contributed by atoms with Gasteiger partial charge in [-0.3, -0.25) is 9.69 Å². The molecule has 0 saturated carbocycles. The van der Waals surface area contributed by atoms with Gasteiger partial charge in [0.1, 0.15) is 23.9 Å². The van der Waals surface area contributed by atoms with E-state index in [0.717, 1.165) is 60.7 Å². The van der Waals surface area contributed by atoms with Gasteiger partial charge in [-0.15, -0.1) is 0 Å². The Balaban J connectivity index is 1.39. The lowest BCUT2D eigenvalue weighted by atomic mass is 10.1. The monoisotopic (exact) mass is 505 g/mol. The average Bonchev–Trinajstić information content (AvgIpc) is 2.90. The van der Waals surface area contributed by atoms with Crippen molar-refractivity contribution in [3.8, 4) is 22.9 Å². The van der Waals surface area contributed by atoms with E-state index in [4.69, 9.17) is 24.2 Å². The fraction of sp³-hybridized carbons (Fsp3) is 0.464. The zero-order valence-electron chi connectivity index (χ0n) is 21.5. The van der Waals surface area contributed by atoms with Gasteiger partial charge in [0.05, 0.1) is 25.3 Å². The molecule has 9 nitrogen and oxygen atoms in total. The first-order chi connectivity index (χ1) is 18.1. The summed E-state index contributed by atoms with van der Waals surface area (Å²) in [6.45, 7) is 9.29. The molecule has 0 radical (unpaired) electrons. The summed E-state index contributed by atoms with van der Waals surface area (Å²) in [5.74, 6) is 2.90. The molecular formula is C28H35N5O4. The standard InChI is InChI=1S/C28H35N5O4/c1-3-36-23-7-8-25-24(17-23)28(30-21-9-10-29-26(34)16-21)32-27(31-25)20-5-4-6-22(15-20)37-14-12-33-11-13-35-18-19(33)2/h4-8,15,17,19,21H,3,9-14,16,18H2,1-2H3,(H,29,34)(H,30,31,32). The molecule has 1 aromatic heterocycles. The molecule has 0 spiro atoms. The Morgan fingerprint density at radius 2 is 2.05 bits per heavy atom. The smallest absolute Gasteiger partial charge is 0.222 e. The summed E-state index contributed by atoms with van der Waals surface area (Å²) in [4.78, 5) is 24.1. The van der Waals surface area contributed by atoms with Crippen molar-refractivity contribution in [2.24, 2.45) is 0 Å². The van der Waals surface area contributed by atoms with Gasteiger partial charge in [0.25, 0.3) is 0 Å². The summed E-state index contributed by atoms with van der Waals surface area (Å²) in [5, 5.41) is 7.27. The Hall–Kier alpha value is -3.43. The lowest BCUT2D eigenvalue weighted by Crippen LogP contribution is -2.45. The highest BCUT2D eigenvalue weighted by atomic mass is 16.5. The Morgan fingerprint density at radius 1 is 1.16 bits per heavy atom. The molecule has 0 bridgehead atoms. The Morgan fingerprint density at radius 3 is 2.89 bits per heavy atom. The van der Waals surface area contributed by atoms with E-state index in [0.29, 0.717) is 43.9 Å². The van der Waals surface area contributed by atoms with Gasteiger partial charge in [-0.25, -0.2) is 9.97 Å². The lowest BCUT2D eigenvalue weighted by Gasteiger charge is -2.32. The van der Waals surface area contributed by atoms with E-state index in [1.807, 2.05) is 49.4 Å². The number of nitrogens with one attached hydrogen (secondary N) is 2. The topological polar surface area (TPSA) is 97.8 Å². The summed E-state index contributed by atoms with van der Waals surface area (Å²) in [6.07, 6.45) is 1.25. The van der Waals surface area contributed by atoms with Crippen molar-refractivity contribution in [1.29, 1.82) is 0 Å². The van der Waals surface area contributed by atoms with Gasteiger partial charge in [0, 0.05) is 49.1 Å². The quantitative estimate of drug-likeness (QED) is 0.456. The molecule has 3 heterocycles. The molecule has 2 N–H and O–H groups in total. The number of hydrogen-bond acceptors (Lipinski definition) is 8. The third kappa shape index (κ3) is 6.29. The minimum Gasteiger partial charge on any atom is -0.494 e. The van der Waals surface area contributed by atoms with E-state index >= 15 is 0 Å². The second-order valence-corrected chi connectivity index (χ2v) is 9.53. The van der Waals surface area contributed by atoms with Crippen LogP contribution in [0.5, 0.6) is 11.5 Å². The number of aromatic nitrogens is 2. The van der Waals surface area contributed by atoms with Crippen LogP contribution in [0.2, 0.25) is 0 Å². The fourth-order valence-electron chi connectivity index (χ4n) is 4.80. The molecule has 2 atom stereocenters. The van der Waals surface area contributed by atoms with Crippen molar-refractivity contribution in [2.75, 3.05) is 51.4 Å². The highest BCUT2D eigenvalue weighted by molar-refractivity contribution is 5.92. The number of rotatable bonds is 9. The van der Waals surface area contributed by atoms with E-state index in [1.165, 1.54) is 0 Å². The third-order valence-corrected chi connectivity index (χ3v) is 6.81. The van der Waals surface area contributed by atoms with Crippen LogP contribution in [-0.4, -0.2) is 78.9 Å². The van der Waals surface area contributed by atoms with Gasteiger partial charge in [-0.2, -0.15) is 0 Å². The number of ether oxygens (including phenoxy) is 3. The molecule has 2 saturated heterocycles. The Bertz CT molecular complexity index is 1240. The van der Waals surface area contributed by atoms with Crippen LogP contribution in [0.15, 0.2) is 42.5 Å². The van der Waals surface area contributed by atoms with Crippen LogP contribution in [0.1, 0.15) is 26.7 Å². The predicted molar refractivity (Wildman–Crippen MR) is 143 cm³/mol. The number of nitrogens with zero attached hydrogens (tertiary/aromatic N) is 3. The first kappa shape index (κ1) is 25.2. The summed E-state index contributed by atoms with van der Waals surface area (Å²) < 4.78 is 17.3. The van der Waals surface area contributed by atoms with Crippen LogP contribution in [0.4, 0.5) is 5.82 Å². The largest absolute Gasteiger partial charge is 0.494 e.